The molecular formula is C10H12ClNO. The Balaban J connectivity index is 2.77. The highest BCUT2D eigenvalue weighted by Gasteiger charge is 1.95. The molecule has 0 heterocycles. The van der Waals surface area contributed by atoms with E-state index in [1.807, 2.05) is 32.0 Å². The van der Waals surface area contributed by atoms with E-state index in [0.29, 0.717) is 6.61 Å². The molecule has 0 aliphatic rings. The predicted octanol–water partition coefficient (Wildman–Crippen LogP) is 3.34. The molecule has 0 spiro atoms. The minimum Gasteiger partial charge on any atom is -0.483 e. The SMILES string of the molecule is CCO/C=N/c1ccc(Cl)cc1C. The van der Waals surface area contributed by atoms with E-state index in [1.54, 1.807) is 0 Å². The Morgan fingerprint density at radius 2 is 2.31 bits per heavy atom. The molecule has 0 saturated heterocycles. The molecule has 0 N–H and O–H groups in total. The average molecular weight is 198 g/mol. The van der Waals surface area contributed by atoms with Gasteiger partial charge in [0.1, 0.15) is 0 Å². The van der Waals surface area contributed by atoms with Gasteiger partial charge in [-0.05, 0) is 37.6 Å². The first-order valence-electron chi connectivity index (χ1n) is 4.14. The van der Waals surface area contributed by atoms with Crippen LogP contribution in [0.2, 0.25) is 5.02 Å². The molecule has 1 aromatic rings. The number of ether oxygens (including phenoxy) is 1. The van der Waals surface area contributed by atoms with Crippen LogP contribution in [-0.2, 0) is 4.74 Å². The van der Waals surface area contributed by atoms with Crippen molar-refractivity contribution in [1.29, 1.82) is 0 Å². The fraction of sp³-hybridized carbons (Fsp3) is 0.300. The summed E-state index contributed by atoms with van der Waals surface area (Å²) < 4.78 is 5.00. The molecule has 0 aliphatic carbocycles. The van der Waals surface area contributed by atoms with Gasteiger partial charge in [0.05, 0.1) is 12.3 Å². The summed E-state index contributed by atoms with van der Waals surface area (Å²) in [5.41, 5.74) is 1.93. The van der Waals surface area contributed by atoms with Gasteiger partial charge in [0.25, 0.3) is 0 Å². The number of hydrogen-bond acceptors (Lipinski definition) is 2. The number of hydrogen-bond donors (Lipinski definition) is 0. The highest BCUT2D eigenvalue weighted by Crippen LogP contribution is 2.21. The summed E-state index contributed by atoms with van der Waals surface area (Å²) in [7, 11) is 0. The number of aliphatic imine (C=N–C) groups is 1. The van der Waals surface area contributed by atoms with Crippen LogP contribution in [-0.4, -0.2) is 13.0 Å². The molecule has 1 rings (SSSR count). The quantitative estimate of drug-likeness (QED) is 0.538. The monoisotopic (exact) mass is 197 g/mol. The van der Waals surface area contributed by atoms with E-state index in [9.17, 15) is 0 Å². The van der Waals surface area contributed by atoms with Crippen molar-refractivity contribution in [2.45, 2.75) is 13.8 Å². The average Bonchev–Trinajstić information content (AvgIpc) is 2.09. The highest BCUT2D eigenvalue weighted by molar-refractivity contribution is 6.30. The number of halogens is 1. The maximum absolute atomic E-state index is 5.80. The minimum absolute atomic E-state index is 0.635. The second-order valence-corrected chi connectivity index (χ2v) is 3.06. The van der Waals surface area contributed by atoms with Crippen molar-refractivity contribution in [3.8, 4) is 0 Å². The van der Waals surface area contributed by atoms with Gasteiger partial charge in [0.2, 0.25) is 0 Å². The Morgan fingerprint density at radius 3 is 2.92 bits per heavy atom. The first-order chi connectivity index (χ1) is 6.24. The molecule has 0 bridgehead atoms. The molecule has 0 aromatic heterocycles. The van der Waals surface area contributed by atoms with Gasteiger partial charge in [0, 0.05) is 5.02 Å². The van der Waals surface area contributed by atoms with Crippen LogP contribution in [0.25, 0.3) is 0 Å². The largest absolute Gasteiger partial charge is 0.483 e. The van der Waals surface area contributed by atoms with Crippen LogP contribution in [0.4, 0.5) is 5.69 Å². The summed E-state index contributed by atoms with van der Waals surface area (Å²) in [6, 6.07) is 5.56. The van der Waals surface area contributed by atoms with Crippen molar-refractivity contribution in [3.63, 3.8) is 0 Å². The molecule has 13 heavy (non-hydrogen) atoms. The second-order valence-electron chi connectivity index (χ2n) is 2.62. The van der Waals surface area contributed by atoms with Crippen LogP contribution in [0.15, 0.2) is 23.2 Å². The maximum Gasteiger partial charge on any atom is 0.174 e. The van der Waals surface area contributed by atoms with Gasteiger partial charge in [-0.15, -0.1) is 0 Å². The van der Waals surface area contributed by atoms with E-state index in [-0.39, 0.29) is 0 Å². The minimum atomic E-state index is 0.635. The molecule has 0 fully saturated rings. The topological polar surface area (TPSA) is 21.6 Å². The molecule has 0 atom stereocenters. The van der Waals surface area contributed by atoms with Crippen molar-refractivity contribution >= 4 is 23.7 Å². The zero-order chi connectivity index (χ0) is 9.68. The van der Waals surface area contributed by atoms with Gasteiger partial charge < -0.3 is 4.74 Å². The second kappa shape index (κ2) is 4.87. The van der Waals surface area contributed by atoms with Crippen LogP contribution in [0.5, 0.6) is 0 Å². The van der Waals surface area contributed by atoms with E-state index in [0.717, 1.165) is 16.3 Å². The van der Waals surface area contributed by atoms with E-state index in [2.05, 4.69) is 4.99 Å². The smallest absolute Gasteiger partial charge is 0.174 e. The van der Waals surface area contributed by atoms with Gasteiger partial charge in [-0.1, -0.05) is 11.6 Å². The van der Waals surface area contributed by atoms with Crippen LogP contribution < -0.4 is 0 Å². The van der Waals surface area contributed by atoms with Crippen LogP contribution in [0.1, 0.15) is 12.5 Å². The predicted molar refractivity (Wildman–Crippen MR) is 56.0 cm³/mol. The van der Waals surface area contributed by atoms with E-state index < -0.39 is 0 Å². The number of rotatable bonds is 3. The maximum atomic E-state index is 5.80. The summed E-state index contributed by atoms with van der Waals surface area (Å²) >= 11 is 5.80. The van der Waals surface area contributed by atoms with Crippen molar-refractivity contribution in [3.05, 3.63) is 28.8 Å². The van der Waals surface area contributed by atoms with E-state index in [1.165, 1.54) is 6.40 Å². The number of benzene rings is 1. The van der Waals surface area contributed by atoms with E-state index >= 15 is 0 Å². The molecule has 2 nitrogen and oxygen atoms in total. The summed E-state index contributed by atoms with van der Waals surface area (Å²) in [6.45, 7) is 4.52. The van der Waals surface area contributed by atoms with Crippen LogP contribution >= 0.6 is 11.6 Å². The molecule has 70 valence electrons. The number of aryl methyl sites for hydroxylation is 1. The third-order valence-corrected chi connectivity index (χ3v) is 1.83. The van der Waals surface area contributed by atoms with Crippen molar-refractivity contribution in [2.24, 2.45) is 4.99 Å². The summed E-state index contributed by atoms with van der Waals surface area (Å²) in [6.07, 6.45) is 1.45. The molecule has 0 radical (unpaired) electrons. The molecule has 0 aliphatic heterocycles. The summed E-state index contributed by atoms with van der Waals surface area (Å²) in [4.78, 5) is 4.13. The zero-order valence-electron chi connectivity index (χ0n) is 7.75. The first-order valence-corrected chi connectivity index (χ1v) is 4.52. The lowest BCUT2D eigenvalue weighted by Gasteiger charge is -1.99. The van der Waals surface area contributed by atoms with Gasteiger partial charge >= 0.3 is 0 Å². The Labute approximate surface area is 83.2 Å². The highest BCUT2D eigenvalue weighted by atomic mass is 35.5. The fourth-order valence-corrected chi connectivity index (χ4v) is 1.16. The summed E-state index contributed by atoms with van der Waals surface area (Å²) in [5.74, 6) is 0. The Bertz CT molecular complexity index is 310. The molecular weight excluding hydrogens is 186 g/mol. The van der Waals surface area contributed by atoms with Gasteiger partial charge in [-0.25, -0.2) is 4.99 Å². The Hall–Kier alpha value is -1.02. The third-order valence-electron chi connectivity index (χ3n) is 1.59. The molecule has 0 amide bonds. The van der Waals surface area contributed by atoms with Crippen molar-refractivity contribution < 1.29 is 4.74 Å². The lowest BCUT2D eigenvalue weighted by molar-refractivity contribution is 0.344. The standard InChI is InChI=1S/C10H12ClNO/c1-3-13-7-12-10-5-4-9(11)6-8(10)2/h4-7H,3H2,1-2H3/b12-7+. The zero-order valence-corrected chi connectivity index (χ0v) is 8.51. The lowest BCUT2D eigenvalue weighted by atomic mass is 10.2. The van der Waals surface area contributed by atoms with Crippen molar-refractivity contribution in [2.75, 3.05) is 6.61 Å². The fourth-order valence-electron chi connectivity index (χ4n) is 0.932. The molecule has 0 saturated carbocycles. The number of nitrogens with zero attached hydrogens (tertiary/aromatic N) is 1. The van der Waals surface area contributed by atoms with Gasteiger partial charge in [-0.3, -0.25) is 0 Å². The third kappa shape index (κ3) is 3.07. The van der Waals surface area contributed by atoms with Crippen LogP contribution in [0.3, 0.4) is 0 Å². The summed E-state index contributed by atoms with van der Waals surface area (Å²) in [5, 5.41) is 0.729. The molecule has 3 heteroatoms. The van der Waals surface area contributed by atoms with Crippen molar-refractivity contribution in [1.82, 2.24) is 0 Å². The normalized spacial score (nSPS) is 10.7. The van der Waals surface area contributed by atoms with E-state index in [4.69, 9.17) is 16.3 Å². The van der Waals surface area contributed by atoms with Gasteiger partial charge in [0.15, 0.2) is 6.40 Å². The Kier molecular flexibility index (Phi) is 3.77. The van der Waals surface area contributed by atoms with Gasteiger partial charge in [-0.2, -0.15) is 0 Å². The molecule has 0 unspecified atom stereocenters. The lowest BCUT2D eigenvalue weighted by Crippen LogP contribution is -1.84. The van der Waals surface area contributed by atoms with Crippen LogP contribution in [0, 0.1) is 6.92 Å². The first kappa shape index (κ1) is 10.1. The molecule has 1 aromatic carbocycles. The Morgan fingerprint density at radius 1 is 1.54 bits per heavy atom.